The van der Waals surface area contributed by atoms with E-state index in [2.05, 4.69) is 10.3 Å². The minimum atomic E-state index is -0.529. The summed E-state index contributed by atoms with van der Waals surface area (Å²) in [6.45, 7) is -0.150. The maximum Gasteiger partial charge on any atom is 0.325 e. The highest BCUT2D eigenvalue weighted by atomic mass is 32.1. The first kappa shape index (κ1) is 18.1. The molecule has 0 atom stereocenters. The zero-order chi connectivity index (χ0) is 18.4. The van der Waals surface area contributed by atoms with Crippen molar-refractivity contribution in [2.24, 2.45) is 0 Å². The lowest BCUT2D eigenvalue weighted by molar-refractivity contribution is -0.143. The molecule has 0 saturated heterocycles. The van der Waals surface area contributed by atoms with Gasteiger partial charge >= 0.3 is 5.97 Å². The van der Waals surface area contributed by atoms with Gasteiger partial charge in [-0.2, -0.15) is 11.3 Å². The lowest BCUT2D eigenvalue weighted by atomic mass is 10.2. The van der Waals surface area contributed by atoms with Gasteiger partial charge in [-0.15, -0.1) is 11.3 Å². The van der Waals surface area contributed by atoms with Crippen LogP contribution in [0.25, 0.3) is 10.6 Å². The van der Waals surface area contributed by atoms with Gasteiger partial charge in [0.2, 0.25) is 0 Å². The number of carbonyl (C=O) groups is 2. The van der Waals surface area contributed by atoms with Crippen LogP contribution in [0.4, 0.5) is 0 Å². The zero-order valence-electron chi connectivity index (χ0n) is 13.9. The molecule has 3 rings (SSSR count). The molecular weight excluding hydrogens is 372 g/mol. The maximum absolute atomic E-state index is 12.1. The van der Waals surface area contributed by atoms with E-state index in [1.165, 1.54) is 18.4 Å². The minimum absolute atomic E-state index is 0.0734. The first-order valence-corrected chi connectivity index (χ1v) is 9.53. The molecular formula is C18H16N2O4S2. The van der Waals surface area contributed by atoms with Crippen LogP contribution in [-0.4, -0.2) is 30.5 Å². The molecule has 0 unspecified atom stereocenters. The Morgan fingerprint density at radius 3 is 2.81 bits per heavy atom. The Bertz CT molecular complexity index is 890. The number of nitrogens with one attached hydrogen (secondary N) is 1. The van der Waals surface area contributed by atoms with Crippen molar-refractivity contribution < 1.29 is 19.1 Å². The van der Waals surface area contributed by atoms with Crippen LogP contribution in [0.3, 0.4) is 0 Å². The van der Waals surface area contributed by atoms with E-state index in [0.29, 0.717) is 17.0 Å². The molecule has 0 aliphatic rings. The number of amides is 1. The lowest BCUT2D eigenvalue weighted by Gasteiger charge is -2.08. The second kappa shape index (κ2) is 8.59. The van der Waals surface area contributed by atoms with Crippen molar-refractivity contribution in [1.29, 1.82) is 0 Å². The third-order valence-electron chi connectivity index (χ3n) is 3.45. The number of rotatable bonds is 7. The van der Waals surface area contributed by atoms with Crippen molar-refractivity contribution >= 4 is 34.6 Å². The van der Waals surface area contributed by atoms with Crippen LogP contribution >= 0.6 is 22.7 Å². The van der Waals surface area contributed by atoms with Crippen LogP contribution in [0.1, 0.15) is 16.1 Å². The predicted molar refractivity (Wildman–Crippen MR) is 101 cm³/mol. The number of esters is 1. The Balaban J connectivity index is 1.48. The van der Waals surface area contributed by atoms with Crippen molar-refractivity contribution in [3.63, 3.8) is 0 Å². The number of para-hydroxylation sites is 1. The van der Waals surface area contributed by atoms with Crippen LogP contribution in [0.15, 0.2) is 46.5 Å². The van der Waals surface area contributed by atoms with Crippen LogP contribution in [0.5, 0.6) is 5.75 Å². The molecule has 6 nitrogen and oxygen atoms in total. The van der Waals surface area contributed by atoms with Gasteiger partial charge < -0.3 is 14.8 Å². The topological polar surface area (TPSA) is 77.5 Å². The molecule has 1 aromatic carbocycles. The second-order valence-electron chi connectivity index (χ2n) is 5.20. The SMILES string of the molecule is COc1ccccc1C(=O)NCC(=O)OCc1csc(-c2ccsc2)n1. The van der Waals surface area contributed by atoms with Gasteiger partial charge in [0.25, 0.3) is 5.91 Å². The van der Waals surface area contributed by atoms with Gasteiger partial charge in [0, 0.05) is 16.3 Å². The number of thiazole rings is 1. The normalized spacial score (nSPS) is 10.3. The molecule has 0 spiro atoms. The molecule has 1 N–H and O–H groups in total. The van der Waals surface area contributed by atoms with E-state index < -0.39 is 11.9 Å². The zero-order valence-corrected chi connectivity index (χ0v) is 15.6. The number of nitrogens with zero attached hydrogens (tertiary/aromatic N) is 1. The highest BCUT2D eigenvalue weighted by molar-refractivity contribution is 7.14. The molecule has 0 aliphatic carbocycles. The summed E-state index contributed by atoms with van der Waals surface area (Å²) in [7, 11) is 1.48. The summed E-state index contributed by atoms with van der Waals surface area (Å²) in [6, 6.07) is 8.79. The van der Waals surface area contributed by atoms with Gasteiger partial charge in [0.15, 0.2) is 0 Å². The number of thiophene rings is 1. The number of ether oxygens (including phenoxy) is 2. The van der Waals surface area contributed by atoms with Crippen molar-refractivity contribution in [2.75, 3.05) is 13.7 Å². The van der Waals surface area contributed by atoms with Gasteiger partial charge in [-0.25, -0.2) is 4.98 Å². The largest absolute Gasteiger partial charge is 0.496 e. The molecule has 3 aromatic rings. The quantitative estimate of drug-likeness (QED) is 0.628. The van der Waals surface area contributed by atoms with E-state index in [4.69, 9.17) is 9.47 Å². The molecule has 0 bridgehead atoms. The highest BCUT2D eigenvalue weighted by Gasteiger charge is 2.13. The predicted octanol–water partition coefficient (Wildman–Crippen LogP) is 3.35. The summed E-state index contributed by atoms with van der Waals surface area (Å²) >= 11 is 3.10. The van der Waals surface area contributed by atoms with Crippen molar-refractivity contribution in [3.8, 4) is 16.3 Å². The molecule has 0 aliphatic heterocycles. The number of aromatic nitrogens is 1. The molecule has 0 saturated carbocycles. The molecule has 0 fully saturated rings. The average molecular weight is 388 g/mol. The molecule has 26 heavy (non-hydrogen) atoms. The van der Waals surface area contributed by atoms with Gasteiger partial charge in [0.05, 0.1) is 18.4 Å². The van der Waals surface area contributed by atoms with E-state index in [1.54, 1.807) is 35.6 Å². The molecule has 134 valence electrons. The van der Waals surface area contributed by atoms with Crippen LogP contribution in [0.2, 0.25) is 0 Å². The Morgan fingerprint density at radius 2 is 2.04 bits per heavy atom. The van der Waals surface area contributed by atoms with E-state index in [1.807, 2.05) is 22.2 Å². The van der Waals surface area contributed by atoms with E-state index in [0.717, 1.165) is 10.6 Å². The molecule has 0 radical (unpaired) electrons. The van der Waals surface area contributed by atoms with Crippen LogP contribution < -0.4 is 10.1 Å². The number of methoxy groups -OCH3 is 1. The van der Waals surface area contributed by atoms with Crippen molar-refractivity contribution in [2.45, 2.75) is 6.61 Å². The smallest absolute Gasteiger partial charge is 0.325 e. The van der Waals surface area contributed by atoms with Gasteiger partial charge in [-0.1, -0.05) is 12.1 Å². The van der Waals surface area contributed by atoms with E-state index in [-0.39, 0.29) is 13.2 Å². The molecule has 1 amide bonds. The fraction of sp³-hybridized carbons (Fsp3) is 0.167. The van der Waals surface area contributed by atoms with E-state index in [9.17, 15) is 9.59 Å². The Morgan fingerprint density at radius 1 is 1.19 bits per heavy atom. The van der Waals surface area contributed by atoms with Gasteiger partial charge in [0.1, 0.15) is 23.9 Å². The first-order chi connectivity index (χ1) is 12.7. The summed E-state index contributed by atoms with van der Waals surface area (Å²) in [4.78, 5) is 28.4. The standard InChI is InChI=1S/C18H16N2O4S2/c1-23-15-5-3-2-4-14(15)17(22)19-8-16(21)24-9-13-11-26-18(20-13)12-6-7-25-10-12/h2-7,10-11H,8-9H2,1H3,(H,19,22). The molecule has 2 aromatic heterocycles. The summed E-state index contributed by atoms with van der Waals surface area (Å²) in [5.74, 6) is -0.479. The number of carbonyl (C=O) groups excluding carboxylic acids is 2. The summed E-state index contributed by atoms with van der Waals surface area (Å²) in [6.07, 6.45) is 0. The number of benzene rings is 1. The highest BCUT2D eigenvalue weighted by Crippen LogP contribution is 2.25. The third kappa shape index (κ3) is 4.47. The van der Waals surface area contributed by atoms with Crippen LogP contribution in [0, 0.1) is 0 Å². The Hall–Kier alpha value is -2.71. The molecule has 2 heterocycles. The number of hydrogen-bond acceptors (Lipinski definition) is 7. The fourth-order valence-electron chi connectivity index (χ4n) is 2.18. The van der Waals surface area contributed by atoms with Gasteiger partial charge in [-0.3, -0.25) is 9.59 Å². The summed E-state index contributed by atoms with van der Waals surface area (Å²) in [5, 5.41) is 9.28. The van der Waals surface area contributed by atoms with Crippen molar-refractivity contribution in [1.82, 2.24) is 10.3 Å². The first-order valence-electron chi connectivity index (χ1n) is 7.71. The van der Waals surface area contributed by atoms with Gasteiger partial charge in [-0.05, 0) is 23.6 Å². The summed E-state index contributed by atoms with van der Waals surface area (Å²) in [5.41, 5.74) is 2.10. The van der Waals surface area contributed by atoms with E-state index >= 15 is 0 Å². The Kier molecular flexibility index (Phi) is 5.98. The molecule has 8 heteroatoms. The van der Waals surface area contributed by atoms with Crippen molar-refractivity contribution in [3.05, 3.63) is 57.7 Å². The lowest BCUT2D eigenvalue weighted by Crippen LogP contribution is -2.30. The maximum atomic E-state index is 12.1. The van der Waals surface area contributed by atoms with Crippen LogP contribution in [-0.2, 0) is 16.1 Å². The second-order valence-corrected chi connectivity index (χ2v) is 6.84. The minimum Gasteiger partial charge on any atom is -0.496 e. The fourth-order valence-corrected chi connectivity index (χ4v) is 3.69. The Labute approximate surface area is 158 Å². The monoisotopic (exact) mass is 388 g/mol. The average Bonchev–Trinajstić information content (AvgIpc) is 3.35. The number of hydrogen-bond donors (Lipinski definition) is 1. The third-order valence-corrected chi connectivity index (χ3v) is 5.07. The summed E-state index contributed by atoms with van der Waals surface area (Å²) < 4.78 is 10.3.